The predicted molar refractivity (Wildman–Crippen MR) is 59.3 cm³/mol. The molecule has 3 nitrogen and oxygen atoms in total. The van der Waals surface area contributed by atoms with Gasteiger partial charge in [0.15, 0.2) is 0 Å². The summed E-state index contributed by atoms with van der Waals surface area (Å²) in [6.07, 6.45) is 6.38. The molecule has 80 valence electrons. The molecule has 0 saturated carbocycles. The molecule has 14 heavy (non-hydrogen) atoms. The SMILES string of the molecule is CCCC(C)NCCn1ccnc1C. The van der Waals surface area contributed by atoms with E-state index in [0.29, 0.717) is 6.04 Å². The van der Waals surface area contributed by atoms with Crippen molar-refractivity contribution in [3.8, 4) is 0 Å². The Morgan fingerprint density at radius 2 is 2.36 bits per heavy atom. The van der Waals surface area contributed by atoms with E-state index >= 15 is 0 Å². The van der Waals surface area contributed by atoms with Gasteiger partial charge in [-0.25, -0.2) is 4.98 Å². The first-order valence-corrected chi connectivity index (χ1v) is 5.45. The minimum atomic E-state index is 0.629. The van der Waals surface area contributed by atoms with Gasteiger partial charge in [0, 0.05) is 31.5 Å². The molecule has 0 amide bonds. The van der Waals surface area contributed by atoms with Crippen LogP contribution >= 0.6 is 0 Å². The zero-order chi connectivity index (χ0) is 10.4. The Labute approximate surface area is 86.5 Å². The van der Waals surface area contributed by atoms with E-state index in [0.717, 1.165) is 18.9 Å². The van der Waals surface area contributed by atoms with Crippen molar-refractivity contribution in [2.24, 2.45) is 0 Å². The maximum Gasteiger partial charge on any atom is 0.105 e. The van der Waals surface area contributed by atoms with E-state index in [1.165, 1.54) is 12.8 Å². The van der Waals surface area contributed by atoms with Crippen LogP contribution in [-0.4, -0.2) is 22.1 Å². The lowest BCUT2D eigenvalue weighted by molar-refractivity contribution is 0.483. The zero-order valence-corrected chi connectivity index (χ0v) is 9.45. The molecule has 1 aromatic rings. The highest BCUT2D eigenvalue weighted by atomic mass is 15.1. The first kappa shape index (κ1) is 11.2. The summed E-state index contributed by atoms with van der Waals surface area (Å²) in [4.78, 5) is 4.19. The highest BCUT2D eigenvalue weighted by Crippen LogP contribution is 1.96. The third kappa shape index (κ3) is 3.50. The summed E-state index contributed by atoms with van der Waals surface area (Å²) in [5.41, 5.74) is 0. The van der Waals surface area contributed by atoms with Gasteiger partial charge in [-0.3, -0.25) is 0 Å². The molecule has 0 aliphatic heterocycles. The summed E-state index contributed by atoms with van der Waals surface area (Å²) < 4.78 is 2.17. The van der Waals surface area contributed by atoms with E-state index in [1.54, 1.807) is 0 Å². The van der Waals surface area contributed by atoms with Crippen LogP contribution in [0.15, 0.2) is 12.4 Å². The molecule has 0 radical (unpaired) electrons. The Hall–Kier alpha value is -0.830. The fourth-order valence-corrected chi connectivity index (χ4v) is 1.61. The highest BCUT2D eigenvalue weighted by Gasteiger charge is 1.99. The van der Waals surface area contributed by atoms with Crippen molar-refractivity contribution in [1.29, 1.82) is 0 Å². The van der Waals surface area contributed by atoms with Crippen molar-refractivity contribution in [3.63, 3.8) is 0 Å². The van der Waals surface area contributed by atoms with Crippen molar-refractivity contribution >= 4 is 0 Å². The molecule has 3 heteroatoms. The van der Waals surface area contributed by atoms with Crippen LogP contribution in [0.5, 0.6) is 0 Å². The normalized spacial score (nSPS) is 13.1. The molecule has 1 atom stereocenters. The Kier molecular flexibility index (Phi) is 4.66. The maximum absolute atomic E-state index is 4.19. The summed E-state index contributed by atoms with van der Waals surface area (Å²) in [5, 5.41) is 3.50. The molecule has 1 heterocycles. The van der Waals surface area contributed by atoms with E-state index in [4.69, 9.17) is 0 Å². The largest absolute Gasteiger partial charge is 0.334 e. The first-order chi connectivity index (χ1) is 6.74. The summed E-state index contributed by atoms with van der Waals surface area (Å²) in [7, 11) is 0. The van der Waals surface area contributed by atoms with Crippen LogP contribution in [-0.2, 0) is 6.54 Å². The highest BCUT2D eigenvalue weighted by molar-refractivity contribution is 4.88. The van der Waals surface area contributed by atoms with Crippen LogP contribution in [0, 0.1) is 6.92 Å². The average Bonchev–Trinajstić information content (AvgIpc) is 2.52. The number of rotatable bonds is 6. The molecule has 0 fully saturated rings. The molecule has 1 N–H and O–H groups in total. The number of hydrogen-bond donors (Lipinski definition) is 1. The topological polar surface area (TPSA) is 29.9 Å². The fourth-order valence-electron chi connectivity index (χ4n) is 1.61. The monoisotopic (exact) mass is 195 g/mol. The van der Waals surface area contributed by atoms with Gasteiger partial charge >= 0.3 is 0 Å². The Bertz CT molecular complexity index is 255. The van der Waals surface area contributed by atoms with Gasteiger partial charge in [0.05, 0.1) is 0 Å². The van der Waals surface area contributed by atoms with Crippen molar-refractivity contribution in [2.75, 3.05) is 6.54 Å². The van der Waals surface area contributed by atoms with Gasteiger partial charge in [-0.05, 0) is 20.3 Å². The van der Waals surface area contributed by atoms with E-state index in [9.17, 15) is 0 Å². The predicted octanol–water partition coefficient (Wildman–Crippen LogP) is 1.97. The van der Waals surface area contributed by atoms with Crippen LogP contribution in [0.1, 0.15) is 32.5 Å². The standard InChI is InChI=1S/C11H21N3/c1-4-5-10(2)12-6-8-14-9-7-13-11(14)3/h7,9-10,12H,4-6,8H2,1-3H3. The van der Waals surface area contributed by atoms with E-state index < -0.39 is 0 Å². The Morgan fingerprint density at radius 1 is 1.57 bits per heavy atom. The molecule has 0 aliphatic rings. The van der Waals surface area contributed by atoms with Crippen LogP contribution in [0.25, 0.3) is 0 Å². The summed E-state index contributed by atoms with van der Waals surface area (Å²) in [6, 6.07) is 0.629. The minimum Gasteiger partial charge on any atom is -0.334 e. The third-order valence-electron chi connectivity index (χ3n) is 2.49. The lowest BCUT2D eigenvalue weighted by atomic mass is 10.2. The van der Waals surface area contributed by atoms with Crippen molar-refractivity contribution in [1.82, 2.24) is 14.9 Å². The van der Waals surface area contributed by atoms with Crippen molar-refractivity contribution in [3.05, 3.63) is 18.2 Å². The second-order valence-electron chi connectivity index (χ2n) is 3.81. The minimum absolute atomic E-state index is 0.629. The number of aromatic nitrogens is 2. The second-order valence-corrected chi connectivity index (χ2v) is 3.81. The second kappa shape index (κ2) is 5.81. The number of hydrogen-bond acceptors (Lipinski definition) is 2. The van der Waals surface area contributed by atoms with Gasteiger partial charge in [0.1, 0.15) is 5.82 Å². The van der Waals surface area contributed by atoms with Gasteiger partial charge in [-0.2, -0.15) is 0 Å². The molecule has 0 bridgehead atoms. The van der Waals surface area contributed by atoms with Crippen LogP contribution < -0.4 is 5.32 Å². The van der Waals surface area contributed by atoms with Crippen LogP contribution in [0.3, 0.4) is 0 Å². The van der Waals surface area contributed by atoms with Gasteiger partial charge in [-0.1, -0.05) is 13.3 Å². The summed E-state index contributed by atoms with van der Waals surface area (Å²) in [6.45, 7) is 8.54. The van der Waals surface area contributed by atoms with E-state index in [-0.39, 0.29) is 0 Å². The zero-order valence-electron chi connectivity index (χ0n) is 9.45. The molecule has 0 saturated heterocycles. The van der Waals surface area contributed by atoms with Gasteiger partial charge in [0.25, 0.3) is 0 Å². The van der Waals surface area contributed by atoms with Crippen LogP contribution in [0.4, 0.5) is 0 Å². The lowest BCUT2D eigenvalue weighted by Gasteiger charge is -2.13. The van der Waals surface area contributed by atoms with Crippen molar-refractivity contribution in [2.45, 2.75) is 46.2 Å². The van der Waals surface area contributed by atoms with E-state index in [2.05, 4.69) is 28.7 Å². The van der Waals surface area contributed by atoms with E-state index in [1.807, 2.05) is 19.3 Å². The summed E-state index contributed by atoms with van der Waals surface area (Å²) in [5.74, 6) is 1.09. The fraction of sp³-hybridized carbons (Fsp3) is 0.727. The number of imidazole rings is 1. The third-order valence-corrected chi connectivity index (χ3v) is 2.49. The smallest absolute Gasteiger partial charge is 0.105 e. The number of nitrogens with one attached hydrogen (secondary N) is 1. The molecule has 0 aliphatic carbocycles. The molecule has 1 rings (SSSR count). The van der Waals surface area contributed by atoms with Gasteiger partial charge < -0.3 is 9.88 Å². The number of nitrogens with zero attached hydrogens (tertiary/aromatic N) is 2. The molecular formula is C11H21N3. The molecule has 0 aromatic carbocycles. The molecular weight excluding hydrogens is 174 g/mol. The first-order valence-electron chi connectivity index (χ1n) is 5.45. The van der Waals surface area contributed by atoms with Gasteiger partial charge in [-0.15, -0.1) is 0 Å². The lowest BCUT2D eigenvalue weighted by Crippen LogP contribution is -2.29. The molecule has 0 spiro atoms. The average molecular weight is 195 g/mol. The van der Waals surface area contributed by atoms with Crippen molar-refractivity contribution < 1.29 is 0 Å². The maximum atomic E-state index is 4.19. The Morgan fingerprint density at radius 3 is 2.93 bits per heavy atom. The molecule has 1 aromatic heterocycles. The van der Waals surface area contributed by atoms with Gasteiger partial charge in [0.2, 0.25) is 0 Å². The molecule has 1 unspecified atom stereocenters. The van der Waals surface area contributed by atoms with Crippen LogP contribution in [0.2, 0.25) is 0 Å². The summed E-state index contributed by atoms with van der Waals surface area (Å²) >= 11 is 0. The quantitative estimate of drug-likeness (QED) is 0.752. The Balaban J connectivity index is 2.19. The number of aryl methyl sites for hydroxylation is 1.